The van der Waals surface area contributed by atoms with Crippen LogP contribution in [0.5, 0.6) is 0 Å². The van der Waals surface area contributed by atoms with Crippen LogP contribution in [0.25, 0.3) is 0 Å². The topological polar surface area (TPSA) is 32.9 Å². The monoisotopic (exact) mass is 369 g/mol. The largest absolute Gasteiger partial charge is 0.242 e. The van der Waals surface area contributed by atoms with Gasteiger partial charge in [0.2, 0.25) is 0 Å². The van der Waals surface area contributed by atoms with Gasteiger partial charge in [0, 0.05) is 5.56 Å². The molecule has 0 spiro atoms. The Morgan fingerprint density at radius 2 is 1.39 bits per heavy atom. The van der Waals surface area contributed by atoms with Gasteiger partial charge in [-0.3, -0.25) is 0 Å². The SMILES string of the molecule is CCC(C)c1ccc(N2CN(c3ccccc3)N=C(c3ccccc3)[N]2)cc1. The van der Waals surface area contributed by atoms with Crippen molar-refractivity contribution in [1.82, 2.24) is 5.43 Å². The van der Waals surface area contributed by atoms with E-state index in [1.165, 1.54) is 5.56 Å². The van der Waals surface area contributed by atoms with Crippen LogP contribution in [0.15, 0.2) is 90.0 Å². The van der Waals surface area contributed by atoms with E-state index in [9.17, 15) is 0 Å². The molecule has 0 amide bonds. The van der Waals surface area contributed by atoms with Crippen molar-refractivity contribution in [2.24, 2.45) is 5.10 Å². The van der Waals surface area contributed by atoms with E-state index in [1.54, 1.807) is 0 Å². The molecule has 4 heteroatoms. The van der Waals surface area contributed by atoms with E-state index in [1.807, 2.05) is 58.5 Å². The lowest BCUT2D eigenvalue weighted by Gasteiger charge is -2.34. The van der Waals surface area contributed by atoms with Crippen LogP contribution in [0.3, 0.4) is 0 Å². The van der Waals surface area contributed by atoms with E-state index in [2.05, 4.69) is 50.2 Å². The third-order valence-electron chi connectivity index (χ3n) is 5.16. The minimum Gasteiger partial charge on any atom is -0.242 e. The highest BCUT2D eigenvalue weighted by atomic mass is 15.7. The van der Waals surface area contributed by atoms with Crippen LogP contribution in [-0.2, 0) is 0 Å². The van der Waals surface area contributed by atoms with Crippen molar-refractivity contribution in [1.29, 1.82) is 0 Å². The van der Waals surface area contributed by atoms with Gasteiger partial charge >= 0.3 is 0 Å². The lowest BCUT2D eigenvalue weighted by Crippen LogP contribution is -2.48. The molecule has 1 heterocycles. The summed E-state index contributed by atoms with van der Waals surface area (Å²) in [5.74, 6) is 1.27. The van der Waals surface area contributed by atoms with Gasteiger partial charge in [0.05, 0.1) is 11.4 Å². The average Bonchev–Trinajstić information content (AvgIpc) is 2.79. The van der Waals surface area contributed by atoms with Crippen LogP contribution >= 0.6 is 0 Å². The van der Waals surface area contributed by atoms with Gasteiger partial charge in [-0.25, -0.2) is 10.0 Å². The Hall–Kier alpha value is -3.27. The van der Waals surface area contributed by atoms with Gasteiger partial charge < -0.3 is 0 Å². The maximum absolute atomic E-state index is 4.83. The fourth-order valence-electron chi connectivity index (χ4n) is 3.23. The fraction of sp³-hybridized carbons (Fsp3) is 0.208. The molecular formula is C24H25N4. The minimum atomic E-state index is 0.564. The van der Waals surface area contributed by atoms with Gasteiger partial charge in [-0.05, 0) is 42.2 Å². The molecule has 1 unspecified atom stereocenters. The summed E-state index contributed by atoms with van der Waals surface area (Å²) in [6.07, 6.45) is 1.14. The van der Waals surface area contributed by atoms with Gasteiger partial charge in [-0.15, -0.1) is 10.5 Å². The second-order valence-electron chi connectivity index (χ2n) is 7.07. The van der Waals surface area contributed by atoms with Crippen molar-refractivity contribution in [3.8, 4) is 0 Å². The third-order valence-corrected chi connectivity index (χ3v) is 5.16. The Morgan fingerprint density at radius 1 is 0.786 bits per heavy atom. The van der Waals surface area contributed by atoms with Crippen molar-refractivity contribution in [3.05, 3.63) is 96.1 Å². The summed E-state index contributed by atoms with van der Waals surface area (Å²) in [7, 11) is 0. The predicted molar refractivity (Wildman–Crippen MR) is 117 cm³/mol. The zero-order valence-corrected chi connectivity index (χ0v) is 16.4. The van der Waals surface area contributed by atoms with Crippen molar-refractivity contribution < 1.29 is 0 Å². The number of hydrogen-bond acceptors (Lipinski definition) is 3. The van der Waals surface area contributed by atoms with Gasteiger partial charge in [-0.2, -0.15) is 0 Å². The first-order valence-electron chi connectivity index (χ1n) is 9.80. The normalized spacial score (nSPS) is 15.0. The maximum atomic E-state index is 4.83. The molecule has 0 bridgehead atoms. The summed E-state index contributed by atoms with van der Waals surface area (Å²) in [5.41, 5.74) is 9.31. The summed E-state index contributed by atoms with van der Waals surface area (Å²) >= 11 is 0. The van der Waals surface area contributed by atoms with Crippen molar-refractivity contribution in [3.63, 3.8) is 0 Å². The highest BCUT2D eigenvalue weighted by Crippen LogP contribution is 2.25. The molecule has 4 rings (SSSR count). The number of amidine groups is 1. The number of hydrazone groups is 1. The van der Waals surface area contributed by atoms with Gasteiger partial charge in [-0.1, -0.05) is 74.5 Å². The van der Waals surface area contributed by atoms with Crippen LogP contribution in [0.1, 0.15) is 37.3 Å². The molecule has 0 N–H and O–H groups in total. The van der Waals surface area contributed by atoms with E-state index in [4.69, 9.17) is 10.5 Å². The molecule has 3 aromatic carbocycles. The molecule has 1 radical (unpaired) electrons. The second kappa shape index (κ2) is 8.17. The lowest BCUT2D eigenvalue weighted by atomic mass is 9.98. The minimum absolute atomic E-state index is 0.564. The van der Waals surface area contributed by atoms with E-state index in [0.717, 1.165) is 23.4 Å². The zero-order valence-electron chi connectivity index (χ0n) is 16.4. The smallest absolute Gasteiger partial charge is 0.199 e. The summed E-state index contributed by atoms with van der Waals surface area (Å²) in [4.78, 5) is 0. The quantitative estimate of drug-likeness (QED) is 0.606. The summed E-state index contributed by atoms with van der Waals surface area (Å²) in [6.45, 7) is 5.06. The van der Waals surface area contributed by atoms with Gasteiger partial charge in [0.1, 0.15) is 6.67 Å². The first-order valence-corrected chi connectivity index (χ1v) is 9.80. The highest BCUT2D eigenvalue weighted by molar-refractivity contribution is 6.00. The van der Waals surface area contributed by atoms with Crippen LogP contribution in [0.4, 0.5) is 11.4 Å². The molecule has 141 valence electrons. The number of anilines is 2. The summed E-state index contributed by atoms with van der Waals surface area (Å²) in [6, 6.07) is 29.1. The Bertz CT molecular complexity index is 920. The van der Waals surface area contributed by atoms with Gasteiger partial charge in [0.25, 0.3) is 0 Å². The van der Waals surface area contributed by atoms with E-state index >= 15 is 0 Å². The number of hydrogen-bond donors (Lipinski definition) is 0. The van der Waals surface area contributed by atoms with Crippen molar-refractivity contribution in [2.75, 3.05) is 16.7 Å². The molecule has 28 heavy (non-hydrogen) atoms. The second-order valence-corrected chi connectivity index (χ2v) is 7.07. The fourth-order valence-corrected chi connectivity index (χ4v) is 3.23. The molecule has 0 fully saturated rings. The van der Waals surface area contributed by atoms with Crippen molar-refractivity contribution in [2.45, 2.75) is 26.2 Å². The number of nitrogens with zero attached hydrogens (tertiary/aromatic N) is 4. The first-order chi connectivity index (χ1) is 13.7. The number of para-hydroxylation sites is 1. The molecule has 0 aromatic heterocycles. The van der Waals surface area contributed by atoms with Gasteiger partial charge in [0.15, 0.2) is 5.84 Å². The Balaban J connectivity index is 1.66. The Labute approximate surface area is 167 Å². The molecule has 3 aromatic rings. The molecular weight excluding hydrogens is 344 g/mol. The van der Waals surface area contributed by atoms with Crippen LogP contribution < -0.4 is 15.4 Å². The maximum Gasteiger partial charge on any atom is 0.199 e. The lowest BCUT2D eigenvalue weighted by molar-refractivity contribution is 0.670. The predicted octanol–water partition coefficient (Wildman–Crippen LogP) is 5.37. The molecule has 0 saturated carbocycles. The zero-order chi connectivity index (χ0) is 19.3. The summed E-state index contributed by atoms with van der Waals surface area (Å²) in [5, 5.41) is 8.81. The molecule has 0 saturated heterocycles. The molecule has 4 nitrogen and oxygen atoms in total. The highest BCUT2D eigenvalue weighted by Gasteiger charge is 2.23. The summed E-state index contributed by atoms with van der Waals surface area (Å²) < 4.78 is 0. The van der Waals surface area contributed by atoms with Crippen LogP contribution in [0, 0.1) is 0 Å². The number of rotatable bonds is 5. The van der Waals surface area contributed by atoms with Crippen LogP contribution in [0.2, 0.25) is 0 Å². The first kappa shape index (κ1) is 18.1. The van der Waals surface area contributed by atoms with E-state index in [-0.39, 0.29) is 0 Å². The molecule has 0 aliphatic carbocycles. The average molecular weight is 369 g/mol. The van der Waals surface area contributed by atoms with Crippen LogP contribution in [-0.4, -0.2) is 12.5 Å². The molecule has 1 aliphatic heterocycles. The Kier molecular flexibility index (Phi) is 5.29. The van der Waals surface area contributed by atoms with E-state index < -0.39 is 0 Å². The number of benzene rings is 3. The van der Waals surface area contributed by atoms with Crippen molar-refractivity contribution >= 4 is 17.2 Å². The third kappa shape index (κ3) is 3.86. The standard InChI is InChI=1S/C24H25N4/c1-3-19(2)20-14-16-23(17-15-20)28-18-27(22-12-8-5-9-13-22)25-24(26-28)21-10-6-4-7-11-21/h4-17,19H,3,18H2,1-2H3. The molecule has 1 atom stereocenters. The Morgan fingerprint density at radius 3 is 2.04 bits per heavy atom. The molecule has 1 aliphatic rings. The van der Waals surface area contributed by atoms with E-state index in [0.29, 0.717) is 18.4 Å².